The molecule has 28 heavy (non-hydrogen) atoms. The second kappa shape index (κ2) is 7.19. The van der Waals surface area contributed by atoms with E-state index in [1.807, 2.05) is 51.1 Å². The van der Waals surface area contributed by atoms with Crippen molar-refractivity contribution in [2.75, 3.05) is 25.0 Å². The number of ether oxygens (including phenoxy) is 1. The van der Waals surface area contributed by atoms with Gasteiger partial charge in [0.2, 0.25) is 5.91 Å². The molecule has 0 spiro atoms. The number of H-pyrrole nitrogens is 1. The van der Waals surface area contributed by atoms with Crippen LogP contribution in [0, 0.1) is 16.7 Å². The van der Waals surface area contributed by atoms with E-state index in [2.05, 4.69) is 11.1 Å². The number of piperidine rings is 1. The summed E-state index contributed by atoms with van der Waals surface area (Å²) < 4.78 is 5.39. The van der Waals surface area contributed by atoms with E-state index in [9.17, 15) is 14.9 Å². The molecule has 148 valence electrons. The summed E-state index contributed by atoms with van der Waals surface area (Å²) in [5.41, 5.74) is -0.792. The Morgan fingerprint density at radius 3 is 2.46 bits per heavy atom. The van der Waals surface area contributed by atoms with Crippen LogP contribution in [0.25, 0.3) is 10.9 Å². The van der Waals surface area contributed by atoms with Gasteiger partial charge in [0.05, 0.1) is 6.07 Å². The zero-order valence-electron chi connectivity index (χ0n) is 16.8. The summed E-state index contributed by atoms with van der Waals surface area (Å²) in [5, 5.41) is 10.8. The van der Waals surface area contributed by atoms with Gasteiger partial charge in [0.1, 0.15) is 16.8 Å². The average Bonchev–Trinajstić information content (AvgIpc) is 3.09. The van der Waals surface area contributed by atoms with Gasteiger partial charge in [-0.3, -0.25) is 4.79 Å². The van der Waals surface area contributed by atoms with Gasteiger partial charge in [0, 0.05) is 31.0 Å². The maximum atomic E-state index is 13.2. The first-order valence-corrected chi connectivity index (χ1v) is 9.40. The third kappa shape index (κ3) is 3.81. The Balaban J connectivity index is 1.73. The first-order chi connectivity index (χ1) is 13.1. The normalized spacial score (nSPS) is 16.5. The molecular formula is C21H26N4O3. The van der Waals surface area contributed by atoms with Crippen LogP contribution in [0.5, 0.6) is 0 Å². The fourth-order valence-electron chi connectivity index (χ4n) is 3.44. The minimum atomic E-state index is -1.15. The molecule has 3 rings (SSSR count). The van der Waals surface area contributed by atoms with Gasteiger partial charge in [-0.25, -0.2) is 4.79 Å². The highest BCUT2D eigenvalue weighted by Crippen LogP contribution is 2.35. The Bertz CT molecular complexity index is 894. The molecule has 2 aromatic rings. The van der Waals surface area contributed by atoms with Gasteiger partial charge in [-0.05, 0) is 45.7 Å². The van der Waals surface area contributed by atoms with Crippen molar-refractivity contribution in [3.63, 3.8) is 0 Å². The number of nitrogens with zero attached hydrogens (tertiary/aromatic N) is 3. The molecule has 1 aliphatic rings. The lowest BCUT2D eigenvalue weighted by Crippen LogP contribution is -2.51. The van der Waals surface area contributed by atoms with Crippen molar-refractivity contribution in [2.24, 2.45) is 5.41 Å². The Morgan fingerprint density at radius 2 is 1.89 bits per heavy atom. The summed E-state index contributed by atoms with van der Waals surface area (Å²) in [6.45, 7) is 6.07. The van der Waals surface area contributed by atoms with Crippen molar-refractivity contribution in [1.29, 1.82) is 5.26 Å². The lowest BCUT2D eigenvalue weighted by molar-refractivity contribution is -0.127. The number of rotatable bonds is 2. The van der Waals surface area contributed by atoms with Crippen molar-refractivity contribution in [2.45, 2.75) is 39.2 Å². The molecule has 1 aliphatic heterocycles. The van der Waals surface area contributed by atoms with E-state index in [0.29, 0.717) is 18.9 Å². The molecule has 1 N–H and O–H groups in total. The van der Waals surface area contributed by atoms with E-state index >= 15 is 0 Å². The second-order valence-corrected chi connectivity index (χ2v) is 8.27. The van der Waals surface area contributed by atoms with Crippen molar-refractivity contribution in [1.82, 2.24) is 9.88 Å². The lowest BCUT2D eigenvalue weighted by Gasteiger charge is -2.38. The van der Waals surface area contributed by atoms with Crippen molar-refractivity contribution in [3.8, 4) is 6.07 Å². The summed E-state index contributed by atoms with van der Waals surface area (Å²) in [4.78, 5) is 31.7. The minimum absolute atomic E-state index is 0.259. The predicted octanol–water partition coefficient (Wildman–Crippen LogP) is 3.67. The van der Waals surface area contributed by atoms with Crippen LogP contribution in [0.1, 0.15) is 33.6 Å². The van der Waals surface area contributed by atoms with Crippen molar-refractivity contribution < 1.29 is 14.3 Å². The number of benzene rings is 1. The number of likely N-dealkylation sites (tertiary alicyclic amines) is 1. The number of nitriles is 1. The number of hydrogen-bond donors (Lipinski definition) is 1. The molecule has 0 saturated carbocycles. The predicted molar refractivity (Wildman–Crippen MR) is 107 cm³/mol. The van der Waals surface area contributed by atoms with E-state index in [1.165, 1.54) is 4.90 Å². The van der Waals surface area contributed by atoms with Gasteiger partial charge in [-0.15, -0.1) is 0 Å². The van der Waals surface area contributed by atoms with Gasteiger partial charge >= 0.3 is 6.09 Å². The number of amides is 2. The molecule has 1 saturated heterocycles. The van der Waals surface area contributed by atoms with E-state index < -0.39 is 17.1 Å². The third-order valence-electron chi connectivity index (χ3n) is 5.07. The summed E-state index contributed by atoms with van der Waals surface area (Å²) in [6.07, 6.45) is 0.161. The van der Waals surface area contributed by atoms with Crippen LogP contribution in [-0.2, 0) is 9.53 Å². The number of hydrogen-bond acceptors (Lipinski definition) is 4. The molecule has 1 aromatic carbocycles. The van der Waals surface area contributed by atoms with Crippen LogP contribution in [0.3, 0.4) is 0 Å². The number of fused-ring (bicyclic) bond motifs is 1. The highest BCUT2D eigenvalue weighted by atomic mass is 16.6. The topological polar surface area (TPSA) is 89.4 Å². The third-order valence-corrected chi connectivity index (χ3v) is 5.07. The Labute approximate surface area is 164 Å². The van der Waals surface area contributed by atoms with E-state index in [0.717, 1.165) is 10.9 Å². The maximum absolute atomic E-state index is 13.2. The van der Waals surface area contributed by atoms with Crippen molar-refractivity contribution >= 4 is 28.7 Å². The number of anilines is 1. The molecule has 1 aromatic heterocycles. The smallest absolute Gasteiger partial charge is 0.410 e. The Morgan fingerprint density at radius 1 is 1.25 bits per heavy atom. The van der Waals surface area contributed by atoms with E-state index in [4.69, 9.17) is 4.74 Å². The molecule has 0 unspecified atom stereocenters. The first-order valence-electron chi connectivity index (χ1n) is 9.40. The molecule has 2 heterocycles. The van der Waals surface area contributed by atoms with Gasteiger partial charge in [-0.1, -0.05) is 18.2 Å². The average molecular weight is 382 g/mol. The molecule has 2 amide bonds. The standard InChI is InChI=1S/C21H26N4O3/c1-20(2,3)28-19(27)25-11-9-21(14-22,10-12-25)18(26)24(4)17-13-15-7-5-6-8-16(15)23-17/h5-8,13,23H,9-12H2,1-4H3. The van der Waals surface area contributed by atoms with E-state index in [1.54, 1.807) is 11.9 Å². The largest absolute Gasteiger partial charge is 0.444 e. The summed E-state index contributed by atoms with van der Waals surface area (Å²) in [7, 11) is 1.67. The maximum Gasteiger partial charge on any atom is 0.410 e. The summed E-state index contributed by atoms with van der Waals surface area (Å²) >= 11 is 0. The van der Waals surface area contributed by atoms with Crippen LogP contribution in [0.15, 0.2) is 30.3 Å². The number of carbonyl (C=O) groups excluding carboxylic acids is 2. The number of aromatic amines is 1. The monoisotopic (exact) mass is 382 g/mol. The zero-order valence-corrected chi connectivity index (χ0v) is 16.8. The number of carbonyl (C=O) groups is 2. The molecule has 0 aliphatic carbocycles. The van der Waals surface area contributed by atoms with Gasteiger partial charge in [-0.2, -0.15) is 5.26 Å². The summed E-state index contributed by atoms with van der Waals surface area (Å²) in [6, 6.07) is 11.9. The molecule has 7 nitrogen and oxygen atoms in total. The van der Waals surface area contributed by atoms with Gasteiger partial charge < -0.3 is 19.5 Å². The molecule has 0 atom stereocenters. The lowest BCUT2D eigenvalue weighted by atomic mass is 9.78. The van der Waals surface area contributed by atoms with Crippen LogP contribution in [-0.4, -0.2) is 47.6 Å². The fourth-order valence-corrected chi connectivity index (χ4v) is 3.44. The second-order valence-electron chi connectivity index (χ2n) is 8.27. The first kappa shape index (κ1) is 19.7. The van der Waals surface area contributed by atoms with Crippen LogP contribution in [0.2, 0.25) is 0 Å². The number of para-hydroxylation sites is 1. The molecule has 0 radical (unpaired) electrons. The van der Waals surface area contributed by atoms with Gasteiger partial charge in [0.15, 0.2) is 0 Å². The number of nitrogens with one attached hydrogen (secondary N) is 1. The van der Waals surface area contributed by atoms with Crippen LogP contribution < -0.4 is 4.90 Å². The number of aromatic nitrogens is 1. The highest BCUT2D eigenvalue weighted by Gasteiger charge is 2.45. The molecule has 0 bridgehead atoms. The van der Waals surface area contributed by atoms with Crippen molar-refractivity contribution in [3.05, 3.63) is 30.3 Å². The van der Waals surface area contributed by atoms with Gasteiger partial charge in [0.25, 0.3) is 0 Å². The molecular weight excluding hydrogens is 356 g/mol. The molecule has 7 heteroatoms. The van der Waals surface area contributed by atoms with Crippen LogP contribution >= 0.6 is 0 Å². The quantitative estimate of drug-likeness (QED) is 0.858. The molecule has 1 fully saturated rings. The Hall–Kier alpha value is -3.01. The zero-order chi connectivity index (χ0) is 20.5. The minimum Gasteiger partial charge on any atom is -0.444 e. The SMILES string of the molecule is CN(C(=O)C1(C#N)CCN(C(=O)OC(C)(C)C)CC1)c1cc2ccccc2[nH]1. The Kier molecular flexibility index (Phi) is 5.07. The fraction of sp³-hybridized carbons (Fsp3) is 0.476. The van der Waals surface area contributed by atoms with E-state index in [-0.39, 0.29) is 18.7 Å². The summed E-state index contributed by atoms with van der Waals surface area (Å²) in [5.74, 6) is 0.390. The highest BCUT2D eigenvalue weighted by molar-refractivity contribution is 6.00. The van der Waals surface area contributed by atoms with Crippen LogP contribution in [0.4, 0.5) is 10.6 Å².